The van der Waals surface area contributed by atoms with Gasteiger partial charge in [-0.2, -0.15) is 0 Å². The maximum atomic E-state index is 13.2. The van der Waals surface area contributed by atoms with E-state index in [1.165, 1.54) is 18.2 Å². The Morgan fingerprint density at radius 2 is 1.91 bits per heavy atom. The summed E-state index contributed by atoms with van der Waals surface area (Å²) >= 11 is 0. The molecule has 0 saturated carbocycles. The van der Waals surface area contributed by atoms with Crippen LogP contribution in [0.15, 0.2) is 42.6 Å². The van der Waals surface area contributed by atoms with E-state index in [0.717, 1.165) is 31.7 Å². The van der Waals surface area contributed by atoms with Crippen molar-refractivity contribution in [1.82, 2.24) is 19.7 Å². The van der Waals surface area contributed by atoms with Gasteiger partial charge in [0.1, 0.15) is 6.04 Å². The number of rotatable bonds is 5. The van der Waals surface area contributed by atoms with Gasteiger partial charge in [0.05, 0.1) is 10.6 Å². The molecule has 9 nitrogen and oxygen atoms in total. The molecule has 2 amide bonds. The Labute approximate surface area is 186 Å². The van der Waals surface area contributed by atoms with Gasteiger partial charge in [-0.3, -0.25) is 29.6 Å². The summed E-state index contributed by atoms with van der Waals surface area (Å²) < 4.78 is 0. The van der Waals surface area contributed by atoms with E-state index in [1.54, 1.807) is 18.0 Å². The highest BCUT2D eigenvalue weighted by Gasteiger charge is 2.38. The zero-order valence-electron chi connectivity index (χ0n) is 18.1. The van der Waals surface area contributed by atoms with Crippen LogP contribution in [-0.4, -0.2) is 75.2 Å². The van der Waals surface area contributed by atoms with Crippen LogP contribution < -0.4 is 0 Å². The van der Waals surface area contributed by atoms with E-state index in [9.17, 15) is 19.7 Å². The molecular weight excluding hydrogens is 410 g/mol. The SMILES string of the molecule is Cc1cc(C(=O)N2CCCC2C(=O)N2CCN(Cc3ccccn3)CC2)ccc1[N+](=O)[O-]. The monoisotopic (exact) mass is 437 g/mol. The van der Waals surface area contributed by atoms with Crippen molar-refractivity contribution in [3.05, 3.63) is 69.5 Å². The number of pyridine rings is 1. The third kappa shape index (κ3) is 4.62. The molecule has 4 rings (SSSR count). The number of nitro benzene ring substituents is 1. The molecule has 2 aliphatic heterocycles. The molecule has 1 unspecified atom stereocenters. The van der Waals surface area contributed by atoms with Gasteiger partial charge in [0, 0.05) is 62.7 Å². The summed E-state index contributed by atoms with van der Waals surface area (Å²) in [5, 5.41) is 11.1. The van der Waals surface area contributed by atoms with E-state index in [1.807, 2.05) is 23.1 Å². The summed E-state index contributed by atoms with van der Waals surface area (Å²) in [6, 6.07) is 9.77. The van der Waals surface area contributed by atoms with Crippen LogP contribution in [0.2, 0.25) is 0 Å². The number of aromatic nitrogens is 1. The average molecular weight is 438 g/mol. The Morgan fingerprint density at radius 1 is 1.12 bits per heavy atom. The van der Waals surface area contributed by atoms with Crippen LogP contribution >= 0.6 is 0 Å². The molecule has 2 saturated heterocycles. The number of benzene rings is 1. The third-order valence-corrected chi connectivity index (χ3v) is 6.23. The molecule has 0 bridgehead atoms. The molecule has 2 aromatic rings. The number of carbonyl (C=O) groups excluding carboxylic acids is 2. The number of likely N-dealkylation sites (tertiary alicyclic amines) is 1. The third-order valence-electron chi connectivity index (χ3n) is 6.23. The fourth-order valence-corrected chi connectivity index (χ4v) is 4.48. The first kappa shape index (κ1) is 21.9. The van der Waals surface area contributed by atoms with E-state index >= 15 is 0 Å². The topological polar surface area (TPSA) is 99.9 Å². The molecule has 1 aromatic heterocycles. The standard InChI is InChI=1S/C23H27N5O4/c1-17-15-18(7-8-20(17)28(31)32)22(29)27-10-4-6-21(27)23(30)26-13-11-25(12-14-26)16-19-5-2-3-9-24-19/h2-3,5,7-9,15,21H,4,6,10-14,16H2,1H3. The summed E-state index contributed by atoms with van der Waals surface area (Å²) in [5.74, 6) is -0.250. The lowest BCUT2D eigenvalue weighted by Gasteiger charge is -2.37. The van der Waals surface area contributed by atoms with E-state index in [0.29, 0.717) is 37.2 Å². The molecule has 2 aliphatic rings. The first-order chi connectivity index (χ1) is 15.4. The maximum absolute atomic E-state index is 13.2. The first-order valence-electron chi connectivity index (χ1n) is 10.9. The number of nitrogens with zero attached hydrogens (tertiary/aromatic N) is 5. The highest BCUT2D eigenvalue weighted by Crippen LogP contribution is 2.25. The van der Waals surface area contributed by atoms with Crippen LogP contribution in [0.4, 0.5) is 5.69 Å². The van der Waals surface area contributed by atoms with Crippen molar-refractivity contribution < 1.29 is 14.5 Å². The van der Waals surface area contributed by atoms with Gasteiger partial charge in [0.25, 0.3) is 11.6 Å². The van der Waals surface area contributed by atoms with Crippen molar-refractivity contribution in [2.45, 2.75) is 32.4 Å². The number of amides is 2. The molecule has 1 aromatic carbocycles. The van der Waals surface area contributed by atoms with E-state index in [4.69, 9.17) is 0 Å². The Hall–Kier alpha value is -3.33. The van der Waals surface area contributed by atoms with Gasteiger partial charge in [-0.1, -0.05) is 6.07 Å². The van der Waals surface area contributed by atoms with Gasteiger partial charge in [0.15, 0.2) is 0 Å². The largest absolute Gasteiger partial charge is 0.338 e. The first-order valence-corrected chi connectivity index (χ1v) is 10.9. The van der Waals surface area contributed by atoms with Crippen LogP contribution in [0.5, 0.6) is 0 Å². The van der Waals surface area contributed by atoms with E-state index in [-0.39, 0.29) is 17.5 Å². The normalized spacial score (nSPS) is 19.2. The minimum absolute atomic E-state index is 0.00744. The number of hydrogen-bond acceptors (Lipinski definition) is 6. The predicted octanol–water partition coefficient (Wildman–Crippen LogP) is 2.25. The zero-order chi connectivity index (χ0) is 22.7. The second-order valence-corrected chi connectivity index (χ2v) is 8.34. The van der Waals surface area contributed by atoms with Crippen LogP contribution in [0, 0.1) is 17.0 Å². The van der Waals surface area contributed by atoms with Crippen LogP contribution in [0.3, 0.4) is 0 Å². The van der Waals surface area contributed by atoms with Gasteiger partial charge in [-0.05, 0) is 44.0 Å². The molecule has 0 spiro atoms. The molecule has 9 heteroatoms. The maximum Gasteiger partial charge on any atom is 0.272 e. The minimum Gasteiger partial charge on any atom is -0.338 e. The zero-order valence-corrected chi connectivity index (χ0v) is 18.1. The minimum atomic E-state index is -0.472. The Morgan fingerprint density at radius 3 is 2.56 bits per heavy atom. The summed E-state index contributed by atoms with van der Waals surface area (Å²) in [6.45, 7) is 5.68. The van der Waals surface area contributed by atoms with Crippen molar-refractivity contribution in [2.75, 3.05) is 32.7 Å². The summed E-state index contributed by atoms with van der Waals surface area (Å²) in [7, 11) is 0. The molecule has 3 heterocycles. The average Bonchev–Trinajstić information content (AvgIpc) is 3.29. The second kappa shape index (κ2) is 9.44. The number of hydrogen-bond donors (Lipinski definition) is 0. The van der Waals surface area contributed by atoms with E-state index in [2.05, 4.69) is 9.88 Å². The summed E-state index contributed by atoms with van der Waals surface area (Å²) in [6.07, 6.45) is 3.20. The van der Waals surface area contributed by atoms with Crippen molar-refractivity contribution in [2.24, 2.45) is 0 Å². The molecule has 168 valence electrons. The smallest absolute Gasteiger partial charge is 0.272 e. The van der Waals surface area contributed by atoms with Gasteiger partial charge >= 0.3 is 0 Å². The number of nitro groups is 1. The lowest BCUT2D eigenvalue weighted by molar-refractivity contribution is -0.385. The van der Waals surface area contributed by atoms with Crippen molar-refractivity contribution in [3.8, 4) is 0 Å². The Bertz CT molecular complexity index is 1000. The number of carbonyl (C=O) groups is 2. The molecule has 0 radical (unpaired) electrons. The van der Waals surface area contributed by atoms with Gasteiger partial charge in [0.2, 0.25) is 5.91 Å². The van der Waals surface area contributed by atoms with Crippen molar-refractivity contribution in [1.29, 1.82) is 0 Å². The number of aryl methyl sites for hydroxylation is 1. The summed E-state index contributed by atoms with van der Waals surface area (Å²) in [4.78, 5) is 47.1. The van der Waals surface area contributed by atoms with Crippen LogP contribution in [-0.2, 0) is 11.3 Å². The molecule has 0 aliphatic carbocycles. The van der Waals surface area contributed by atoms with Gasteiger partial charge in [-0.25, -0.2) is 0 Å². The lowest BCUT2D eigenvalue weighted by atomic mass is 10.1. The highest BCUT2D eigenvalue weighted by atomic mass is 16.6. The Kier molecular flexibility index (Phi) is 6.45. The van der Waals surface area contributed by atoms with Gasteiger partial charge < -0.3 is 9.80 Å². The molecule has 2 fully saturated rings. The quantitative estimate of drug-likeness (QED) is 0.525. The molecule has 0 N–H and O–H groups in total. The fourth-order valence-electron chi connectivity index (χ4n) is 4.48. The second-order valence-electron chi connectivity index (χ2n) is 8.34. The highest BCUT2D eigenvalue weighted by molar-refractivity contribution is 5.98. The van der Waals surface area contributed by atoms with Crippen molar-refractivity contribution in [3.63, 3.8) is 0 Å². The number of piperazine rings is 1. The summed E-state index contributed by atoms with van der Waals surface area (Å²) in [5.41, 5.74) is 1.82. The van der Waals surface area contributed by atoms with Gasteiger partial charge in [-0.15, -0.1) is 0 Å². The fraction of sp³-hybridized carbons (Fsp3) is 0.435. The van der Waals surface area contributed by atoms with Crippen LogP contribution in [0.1, 0.15) is 34.5 Å². The lowest BCUT2D eigenvalue weighted by Crippen LogP contribution is -2.54. The Balaban J connectivity index is 1.38. The molecule has 1 atom stereocenters. The predicted molar refractivity (Wildman–Crippen MR) is 118 cm³/mol. The van der Waals surface area contributed by atoms with Crippen molar-refractivity contribution >= 4 is 17.5 Å². The molecule has 32 heavy (non-hydrogen) atoms. The molecular formula is C23H27N5O4. The van der Waals surface area contributed by atoms with E-state index < -0.39 is 11.0 Å². The van der Waals surface area contributed by atoms with Crippen LogP contribution in [0.25, 0.3) is 0 Å².